The highest BCUT2D eigenvalue weighted by Gasteiger charge is 2.26. The van der Waals surface area contributed by atoms with Crippen LogP contribution in [0.25, 0.3) is 0 Å². The Kier molecular flexibility index (Phi) is 7.41. The van der Waals surface area contributed by atoms with Gasteiger partial charge in [-0.2, -0.15) is 10.3 Å². The van der Waals surface area contributed by atoms with Crippen molar-refractivity contribution in [3.8, 4) is 6.07 Å². The fraction of sp³-hybridized carbons (Fsp3) is 0.318. The van der Waals surface area contributed by atoms with Crippen LogP contribution in [-0.2, 0) is 0 Å². The van der Waals surface area contributed by atoms with Crippen LogP contribution in [0.2, 0.25) is 5.02 Å². The molecule has 1 aliphatic heterocycles. The molecule has 0 bridgehead atoms. The van der Waals surface area contributed by atoms with Gasteiger partial charge in [0.25, 0.3) is 5.91 Å². The summed E-state index contributed by atoms with van der Waals surface area (Å²) in [6.45, 7) is 4.82. The number of nitriles is 1. The summed E-state index contributed by atoms with van der Waals surface area (Å²) in [4.78, 5) is 16.9. The third-order valence-electron chi connectivity index (χ3n) is 4.62. The molecule has 1 heterocycles. The average molecular weight is 425 g/mol. The van der Waals surface area contributed by atoms with E-state index in [1.807, 2.05) is 30.3 Å². The second-order valence-electron chi connectivity index (χ2n) is 7.56. The maximum Gasteiger partial charge on any atom is 0.280 e. The number of hydrogen-bond donors (Lipinski definition) is 4. The topological polar surface area (TPSA) is 101 Å². The Morgan fingerprint density at radius 2 is 2.03 bits per heavy atom. The molecule has 2 aromatic carbocycles. The van der Waals surface area contributed by atoms with Gasteiger partial charge in [0.15, 0.2) is 0 Å². The zero-order valence-electron chi connectivity index (χ0n) is 16.9. The maximum absolute atomic E-state index is 12.6. The highest BCUT2D eigenvalue weighted by molar-refractivity contribution is 6.30. The first-order valence-corrected chi connectivity index (χ1v) is 10.2. The first-order valence-electron chi connectivity index (χ1n) is 9.84. The van der Waals surface area contributed by atoms with Gasteiger partial charge in [-0.3, -0.25) is 4.79 Å². The monoisotopic (exact) mass is 424 g/mol. The smallest absolute Gasteiger partial charge is 0.280 e. The minimum absolute atomic E-state index is 0.106. The largest absolute Gasteiger partial charge is 0.356 e. The number of hydrogen-bond acceptors (Lipinski definition) is 4. The van der Waals surface area contributed by atoms with Gasteiger partial charge in [0.1, 0.15) is 0 Å². The number of carbonyl (C=O) groups is 1. The second kappa shape index (κ2) is 10.2. The molecule has 0 aromatic heterocycles. The van der Waals surface area contributed by atoms with Gasteiger partial charge < -0.3 is 10.6 Å². The predicted octanol–water partition coefficient (Wildman–Crippen LogP) is 3.11. The van der Waals surface area contributed by atoms with Crippen LogP contribution in [0.4, 0.5) is 0 Å². The Balaban J connectivity index is 1.70. The molecule has 3 rings (SSSR count). The van der Waals surface area contributed by atoms with E-state index in [1.165, 1.54) is 6.07 Å². The number of rotatable bonds is 5. The molecule has 0 saturated carbocycles. The van der Waals surface area contributed by atoms with E-state index in [4.69, 9.17) is 16.9 Å². The van der Waals surface area contributed by atoms with Crippen molar-refractivity contribution >= 4 is 23.5 Å². The Morgan fingerprint density at radius 3 is 2.73 bits per heavy atom. The number of nitrogens with zero attached hydrogens (tertiary/aromatic N) is 2. The van der Waals surface area contributed by atoms with Gasteiger partial charge in [0.2, 0.25) is 5.96 Å². The zero-order chi connectivity index (χ0) is 21.5. The molecule has 30 heavy (non-hydrogen) atoms. The van der Waals surface area contributed by atoms with E-state index >= 15 is 0 Å². The fourth-order valence-electron chi connectivity index (χ4n) is 3.04. The number of aliphatic imine (C=N–C) groups is 1. The van der Waals surface area contributed by atoms with Crippen molar-refractivity contribution in [2.75, 3.05) is 6.54 Å². The van der Waals surface area contributed by atoms with Crippen LogP contribution in [0.3, 0.4) is 0 Å². The lowest BCUT2D eigenvalue weighted by Gasteiger charge is -2.18. The first kappa shape index (κ1) is 21.8. The normalized spacial score (nSPS) is 18.8. The van der Waals surface area contributed by atoms with Gasteiger partial charge in [0, 0.05) is 29.6 Å². The first-order chi connectivity index (χ1) is 14.4. The van der Waals surface area contributed by atoms with Gasteiger partial charge in [-0.15, -0.1) is 0 Å². The minimum atomic E-state index is -0.411. The summed E-state index contributed by atoms with van der Waals surface area (Å²) in [7, 11) is 0. The molecule has 156 valence electrons. The summed E-state index contributed by atoms with van der Waals surface area (Å²) in [6.07, 6.45) is 0.629. The van der Waals surface area contributed by atoms with E-state index in [0.29, 0.717) is 34.6 Å². The summed E-state index contributed by atoms with van der Waals surface area (Å²) in [6, 6.07) is 16.4. The lowest BCUT2D eigenvalue weighted by atomic mass is 10.0. The molecule has 0 aliphatic carbocycles. The highest BCUT2D eigenvalue weighted by Crippen LogP contribution is 2.22. The summed E-state index contributed by atoms with van der Waals surface area (Å²) in [5.41, 5.74) is 8.37. The highest BCUT2D eigenvalue weighted by atomic mass is 35.5. The van der Waals surface area contributed by atoms with Crippen LogP contribution in [0, 0.1) is 17.2 Å². The molecular formula is C22H25ClN6O. The molecule has 1 aliphatic rings. The van der Waals surface area contributed by atoms with E-state index in [1.54, 1.807) is 18.2 Å². The summed E-state index contributed by atoms with van der Waals surface area (Å²) >= 11 is 5.97. The molecule has 1 saturated heterocycles. The van der Waals surface area contributed by atoms with Gasteiger partial charge in [-0.05, 0) is 41.8 Å². The third-order valence-corrected chi connectivity index (χ3v) is 4.87. The number of guanidine groups is 1. The maximum atomic E-state index is 12.6. The summed E-state index contributed by atoms with van der Waals surface area (Å²) in [5, 5.41) is 16.2. The number of carbonyl (C=O) groups excluding carboxylic acids is 1. The van der Waals surface area contributed by atoms with Crippen molar-refractivity contribution in [1.82, 2.24) is 21.5 Å². The molecule has 7 nitrogen and oxygen atoms in total. The minimum Gasteiger partial charge on any atom is -0.356 e. The van der Waals surface area contributed by atoms with Crippen LogP contribution in [0.15, 0.2) is 53.5 Å². The van der Waals surface area contributed by atoms with E-state index < -0.39 is 5.91 Å². The number of benzene rings is 2. The predicted molar refractivity (Wildman–Crippen MR) is 118 cm³/mol. The molecule has 0 spiro atoms. The molecule has 4 N–H and O–H groups in total. The van der Waals surface area contributed by atoms with Crippen molar-refractivity contribution in [3.05, 3.63) is 70.2 Å². The van der Waals surface area contributed by atoms with Crippen LogP contribution in [0.5, 0.6) is 0 Å². The summed E-state index contributed by atoms with van der Waals surface area (Å²) < 4.78 is 0. The van der Waals surface area contributed by atoms with Crippen molar-refractivity contribution in [2.24, 2.45) is 10.9 Å². The number of amides is 1. The second-order valence-corrected chi connectivity index (χ2v) is 7.99. The average Bonchev–Trinajstić information content (AvgIpc) is 3.21. The molecule has 1 fully saturated rings. The van der Waals surface area contributed by atoms with E-state index in [9.17, 15) is 4.79 Å². The molecule has 1 amide bonds. The zero-order valence-corrected chi connectivity index (χ0v) is 17.7. The van der Waals surface area contributed by atoms with Crippen LogP contribution in [0.1, 0.15) is 47.8 Å². The van der Waals surface area contributed by atoms with Gasteiger partial charge >= 0.3 is 0 Å². The molecule has 2 unspecified atom stereocenters. The van der Waals surface area contributed by atoms with Crippen molar-refractivity contribution in [2.45, 2.75) is 32.5 Å². The third kappa shape index (κ3) is 6.04. The molecular weight excluding hydrogens is 400 g/mol. The Bertz CT molecular complexity index is 951. The van der Waals surface area contributed by atoms with Gasteiger partial charge in [-0.1, -0.05) is 43.6 Å². The molecule has 8 heteroatoms. The standard InChI is InChI=1S/C22H25ClN6O/c1-14(2)13-25-22(27-21(30)17-5-3-4-15(10-17)12-24)26-20-11-19(28-29-20)16-6-8-18(23)9-7-16/h3-10,14,19-20,28-29H,11,13H2,1-2H3,(H2,25,26,27,30). The van der Waals surface area contributed by atoms with Crippen LogP contribution >= 0.6 is 11.6 Å². The molecule has 2 aromatic rings. The Morgan fingerprint density at radius 1 is 1.27 bits per heavy atom. The number of halogens is 1. The van der Waals surface area contributed by atoms with Crippen LogP contribution < -0.4 is 21.5 Å². The number of nitrogens with one attached hydrogen (secondary N) is 4. The Labute approximate surface area is 181 Å². The lowest BCUT2D eigenvalue weighted by molar-refractivity contribution is 0.100. The molecule has 2 atom stereocenters. The SMILES string of the molecule is CC(C)CN/C(=N/C(=O)c1cccc(C#N)c1)NC1CC(c2ccc(Cl)cc2)NN1. The van der Waals surface area contributed by atoms with Gasteiger partial charge in [-0.25, -0.2) is 10.9 Å². The van der Waals surface area contributed by atoms with Crippen molar-refractivity contribution in [1.29, 1.82) is 5.26 Å². The molecule has 0 radical (unpaired) electrons. The van der Waals surface area contributed by atoms with Crippen molar-refractivity contribution in [3.63, 3.8) is 0 Å². The lowest BCUT2D eigenvalue weighted by Crippen LogP contribution is -2.50. The van der Waals surface area contributed by atoms with Gasteiger partial charge in [0.05, 0.1) is 17.8 Å². The van der Waals surface area contributed by atoms with E-state index in [2.05, 4.69) is 40.3 Å². The van der Waals surface area contributed by atoms with Crippen molar-refractivity contribution < 1.29 is 4.79 Å². The Hall–Kier alpha value is -2.92. The fourth-order valence-corrected chi connectivity index (χ4v) is 3.17. The summed E-state index contributed by atoms with van der Waals surface area (Å²) in [5.74, 6) is 0.365. The van der Waals surface area contributed by atoms with Crippen LogP contribution in [-0.4, -0.2) is 24.6 Å². The quantitative estimate of drug-likeness (QED) is 0.434. The van der Waals surface area contributed by atoms with E-state index in [0.717, 1.165) is 12.0 Å². The van der Waals surface area contributed by atoms with E-state index in [-0.39, 0.29) is 12.2 Å². The number of hydrazine groups is 1.